The van der Waals surface area contributed by atoms with Crippen molar-refractivity contribution >= 4 is 11.9 Å². The zero-order valence-electron chi connectivity index (χ0n) is 62.7. The molecule has 1 saturated heterocycles. The highest BCUT2D eigenvalue weighted by Crippen LogP contribution is 2.24. The molecular weight excluding hydrogens is 1180 g/mol. The molecule has 0 aromatic rings. The maximum absolute atomic E-state index is 13.1. The lowest BCUT2D eigenvalue weighted by Gasteiger charge is -2.40. The Kier molecular flexibility index (Phi) is 69.9. The van der Waals surface area contributed by atoms with Crippen molar-refractivity contribution in [1.29, 1.82) is 0 Å². The van der Waals surface area contributed by atoms with Gasteiger partial charge >= 0.3 is 5.97 Å². The molecule has 95 heavy (non-hydrogen) atoms. The van der Waals surface area contributed by atoms with Crippen LogP contribution in [0.25, 0.3) is 0 Å². The molecule has 7 atom stereocenters. The van der Waals surface area contributed by atoms with E-state index < -0.39 is 49.5 Å². The molecule has 0 saturated carbocycles. The minimum Gasteiger partial charge on any atom is -0.466 e. The molecule has 7 unspecified atom stereocenters. The van der Waals surface area contributed by atoms with Crippen LogP contribution in [0.4, 0.5) is 0 Å². The van der Waals surface area contributed by atoms with E-state index in [4.69, 9.17) is 14.2 Å². The van der Waals surface area contributed by atoms with Crippen molar-refractivity contribution in [2.75, 3.05) is 19.8 Å². The number of allylic oxidation sites excluding steroid dienone is 5. The summed E-state index contributed by atoms with van der Waals surface area (Å²) in [6.07, 6.45) is 86.4. The van der Waals surface area contributed by atoms with Crippen molar-refractivity contribution in [3.05, 3.63) is 36.5 Å². The number of aliphatic hydroxyl groups excluding tert-OH is 5. The van der Waals surface area contributed by atoms with Gasteiger partial charge in [-0.3, -0.25) is 9.59 Å². The number of hydrogen-bond donors (Lipinski definition) is 6. The van der Waals surface area contributed by atoms with Crippen molar-refractivity contribution in [3.8, 4) is 0 Å². The highest BCUT2D eigenvalue weighted by molar-refractivity contribution is 5.76. The minimum atomic E-state index is -1.58. The topological polar surface area (TPSA) is 175 Å². The Labute approximate surface area is 587 Å². The first-order chi connectivity index (χ1) is 46.7. The molecule has 11 nitrogen and oxygen atoms in total. The third-order valence-electron chi connectivity index (χ3n) is 20.0. The van der Waals surface area contributed by atoms with Crippen LogP contribution in [0.3, 0.4) is 0 Å². The van der Waals surface area contributed by atoms with Gasteiger partial charge in [-0.15, -0.1) is 0 Å². The number of esters is 1. The Morgan fingerprint density at radius 2 is 0.684 bits per heavy atom. The molecule has 1 amide bonds. The van der Waals surface area contributed by atoms with Crippen molar-refractivity contribution in [1.82, 2.24) is 5.32 Å². The average Bonchev–Trinajstić information content (AvgIpc) is 0.850. The van der Waals surface area contributed by atoms with Gasteiger partial charge in [-0.25, -0.2) is 0 Å². The van der Waals surface area contributed by atoms with Crippen LogP contribution >= 0.6 is 0 Å². The van der Waals surface area contributed by atoms with E-state index in [1.54, 1.807) is 6.08 Å². The van der Waals surface area contributed by atoms with Crippen LogP contribution in [-0.2, 0) is 23.8 Å². The SMILES string of the molecule is CCCC/C=C/CC/C=C/CC/C=C/C(O)C(COC1OC(CO)C(O)C(O)C1O)NC(=O)CCCCCCCCCCCCCCCCCCCCCCCCCCCCCCCCCCCCCCCCCOC(=O)CCCCCCCCCCCCCCCCCC. The second kappa shape index (κ2) is 73.1. The quantitative estimate of drug-likeness (QED) is 0.0195. The Bertz CT molecular complexity index is 1670. The Morgan fingerprint density at radius 1 is 0.379 bits per heavy atom. The summed E-state index contributed by atoms with van der Waals surface area (Å²) in [7, 11) is 0. The number of aliphatic hydroxyl groups is 5. The number of rotatable bonds is 75. The molecular formula is C84H159NO10. The summed E-state index contributed by atoms with van der Waals surface area (Å²) < 4.78 is 16.8. The zero-order valence-corrected chi connectivity index (χ0v) is 62.7. The number of hydrogen-bond acceptors (Lipinski definition) is 10. The average molecular weight is 1340 g/mol. The summed E-state index contributed by atoms with van der Waals surface area (Å²) in [5.74, 6) is -0.167. The lowest BCUT2D eigenvalue weighted by Crippen LogP contribution is -2.60. The van der Waals surface area contributed by atoms with E-state index in [1.807, 2.05) is 6.08 Å². The Morgan fingerprint density at radius 3 is 1.03 bits per heavy atom. The van der Waals surface area contributed by atoms with Gasteiger partial charge in [0.05, 0.1) is 32.0 Å². The molecule has 6 N–H and O–H groups in total. The molecule has 1 fully saturated rings. The second-order valence-corrected chi connectivity index (χ2v) is 29.2. The molecule has 1 aliphatic heterocycles. The highest BCUT2D eigenvalue weighted by Gasteiger charge is 2.44. The van der Waals surface area contributed by atoms with E-state index in [0.29, 0.717) is 19.4 Å². The predicted molar refractivity (Wildman–Crippen MR) is 403 cm³/mol. The fourth-order valence-corrected chi connectivity index (χ4v) is 13.5. The fraction of sp³-hybridized carbons (Fsp3) is 0.905. The molecule has 0 aromatic heterocycles. The van der Waals surface area contributed by atoms with E-state index in [-0.39, 0.29) is 18.5 Å². The van der Waals surface area contributed by atoms with Crippen molar-refractivity contribution in [2.45, 2.75) is 468 Å². The number of amides is 1. The van der Waals surface area contributed by atoms with Crippen molar-refractivity contribution in [3.63, 3.8) is 0 Å². The van der Waals surface area contributed by atoms with Gasteiger partial charge in [-0.05, 0) is 51.4 Å². The van der Waals surface area contributed by atoms with Gasteiger partial charge in [0.25, 0.3) is 0 Å². The monoisotopic (exact) mass is 1340 g/mol. The standard InChI is InChI=1S/C84H159NO10/c1-3-5-7-9-11-13-15-17-18-45-48-52-56-60-64-68-72-80(89)93-73-69-65-61-57-53-49-46-43-41-39-37-35-33-31-29-27-25-23-21-19-20-22-24-26-28-30-32-34-36-38-40-42-44-47-51-55-59-63-67-71-79(88)85-76(75-94-84-83(92)82(91)81(90)78(74-86)95-84)77(87)70-66-62-58-54-50-16-14-12-10-8-6-4-2/h10,12,50,54,66,70,76-78,81-84,86-87,90-92H,3-9,11,13-49,51-53,55-65,67-69,71-75H2,1-2H3,(H,85,88)/b12-10+,54-50+,70-66+. The van der Waals surface area contributed by atoms with Gasteiger partial charge < -0.3 is 45.1 Å². The number of carbonyl (C=O) groups excluding carboxylic acids is 2. The van der Waals surface area contributed by atoms with E-state index in [9.17, 15) is 35.1 Å². The normalized spacial score (nSPS) is 17.5. The van der Waals surface area contributed by atoms with Crippen LogP contribution in [0.1, 0.15) is 425 Å². The Balaban J connectivity index is 1.85. The van der Waals surface area contributed by atoms with E-state index in [1.165, 1.54) is 334 Å². The number of unbranched alkanes of at least 4 members (excludes halogenated alkanes) is 57. The summed E-state index contributed by atoms with van der Waals surface area (Å²) in [5, 5.41) is 54.5. The van der Waals surface area contributed by atoms with Crippen LogP contribution in [-0.4, -0.2) is 100 Å². The summed E-state index contributed by atoms with van der Waals surface area (Å²) >= 11 is 0. The molecule has 0 spiro atoms. The van der Waals surface area contributed by atoms with Crippen LogP contribution in [0.5, 0.6) is 0 Å². The third-order valence-corrected chi connectivity index (χ3v) is 20.0. The van der Waals surface area contributed by atoms with Gasteiger partial charge in [-0.2, -0.15) is 0 Å². The summed E-state index contributed by atoms with van der Waals surface area (Å²) in [6.45, 7) is 4.34. The molecule has 11 heteroatoms. The summed E-state index contributed by atoms with van der Waals surface area (Å²) in [6, 6.07) is -0.830. The number of ether oxygens (including phenoxy) is 3. The van der Waals surface area contributed by atoms with Crippen molar-refractivity contribution < 1.29 is 49.3 Å². The molecule has 1 aliphatic rings. The fourth-order valence-electron chi connectivity index (χ4n) is 13.5. The molecule has 560 valence electrons. The molecule has 0 aliphatic carbocycles. The van der Waals surface area contributed by atoms with Crippen LogP contribution in [0.2, 0.25) is 0 Å². The maximum atomic E-state index is 13.1. The van der Waals surface area contributed by atoms with E-state index in [0.717, 1.165) is 64.2 Å². The minimum absolute atomic E-state index is 0.0224. The van der Waals surface area contributed by atoms with E-state index in [2.05, 4.69) is 43.5 Å². The first-order valence-electron chi connectivity index (χ1n) is 41.8. The van der Waals surface area contributed by atoms with Crippen molar-refractivity contribution in [2.24, 2.45) is 0 Å². The van der Waals surface area contributed by atoms with Gasteiger partial charge in [0.15, 0.2) is 6.29 Å². The highest BCUT2D eigenvalue weighted by atomic mass is 16.7. The van der Waals surface area contributed by atoms with Crippen LogP contribution < -0.4 is 5.32 Å². The Hall–Kier alpha value is -2.12. The van der Waals surface area contributed by atoms with E-state index >= 15 is 0 Å². The molecule has 0 radical (unpaired) electrons. The number of nitrogens with one attached hydrogen (secondary N) is 1. The predicted octanol–water partition coefficient (Wildman–Crippen LogP) is 22.9. The molecule has 0 aromatic carbocycles. The smallest absolute Gasteiger partial charge is 0.305 e. The molecule has 1 rings (SSSR count). The largest absolute Gasteiger partial charge is 0.466 e. The molecule has 1 heterocycles. The first kappa shape index (κ1) is 90.9. The lowest BCUT2D eigenvalue weighted by atomic mass is 9.99. The lowest BCUT2D eigenvalue weighted by molar-refractivity contribution is -0.302. The van der Waals surface area contributed by atoms with Crippen LogP contribution in [0, 0.1) is 0 Å². The van der Waals surface area contributed by atoms with Gasteiger partial charge in [0.1, 0.15) is 24.4 Å². The van der Waals surface area contributed by atoms with Crippen LogP contribution in [0.15, 0.2) is 36.5 Å². The third kappa shape index (κ3) is 61.5. The van der Waals surface area contributed by atoms with Gasteiger partial charge in [0.2, 0.25) is 5.91 Å². The number of carbonyl (C=O) groups is 2. The zero-order chi connectivity index (χ0) is 68.6. The second-order valence-electron chi connectivity index (χ2n) is 29.2. The maximum Gasteiger partial charge on any atom is 0.305 e. The summed E-state index contributed by atoms with van der Waals surface area (Å²) in [4.78, 5) is 25.2. The molecule has 0 bridgehead atoms. The first-order valence-corrected chi connectivity index (χ1v) is 41.8. The summed E-state index contributed by atoms with van der Waals surface area (Å²) in [5.41, 5.74) is 0. The van der Waals surface area contributed by atoms with Gasteiger partial charge in [0, 0.05) is 12.8 Å². The van der Waals surface area contributed by atoms with Gasteiger partial charge in [-0.1, -0.05) is 397 Å².